The van der Waals surface area contributed by atoms with Crippen molar-refractivity contribution in [1.29, 1.82) is 0 Å². The lowest BCUT2D eigenvalue weighted by molar-refractivity contribution is -0.122. The largest absolute Gasteiger partial charge is 0.335 e. The van der Waals surface area contributed by atoms with Gasteiger partial charge >= 0.3 is 0 Å². The van der Waals surface area contributed by atoms with E-state index in [4.69, 9.17) is 12.2 Å². The molecule has 2 aromatic carbocycles. The van der Waals surface area contributed by atoms with E-state index in [0.717, 1.165) is 30.8 Å². The van der Waals surface area contributed by atoms with Gasteiger partial charge in [-0.1, -0.05) is 116 Å². The molecule has 3 nitrogen and oxygen atoms in total. The van der Waals surface area contributed by atoms with Crippen molar-refractivity contribution in [3.8, 4) is 0 Å². The molecule has 0 radical (unpaired) electrons. The predicted octanol–water partition coefficient (Wildman–Crippen LogP) is 7.36. The van der Waals surface area contributed by atoms with Crippen molar-refractivity contribution in [2.45, 2.75) is 33.1 Å². The molecule has 0 aromatic heterocycles. The van der Waals surface area contributed by atoms with Gasteiger partial charge in [0.1, 0.15) is 4.32 Å². The van der Waals surface area contributed by atoms with Crippen molar-refractivity contribution in [3.63, 3.8) is 0 Å². The van der Waals surface area contributed by atoms with Crippen LogP contribution in [0.3, 0.4) is 0 Å². The van der Waals surface area contributed by atoms with Gasteiger partial charge in [0, 0.05) is 18.0 Å². The van der Waals surface area contributed by atoms with E-state index >= 15 is 0 Å². The van der Waals surface area contributed by atoms with Crippen LogP contribution in [0.4, 0.5) is 0 Å². The van der Waals surface area contributed by atoms with Crippen molar-refractivity contribution in [3.05, 3.63) is 93.9 Å². The first-order valence-electron chi connectivity index (χ1n) is 11.4. The van der Waals surface area contributed by atoms with Crippen LogP contribution in [0.1, 0.15) is 44.2 Å². The topological polar surface area (TPSA) is 23.6 Å². The number of hydrogen-bond donors (Lipinski definition) is 0. The van der Waals surface area contributed by atoms with Crippen molar-refractivity contribution in [1.82, 2.24) is 9.80 Å². The van der Waals surface area contributed by atoms with Crippen LogP contribution in [-0.4, -0.2) is 33.1 Å². The van der Waals surface area contributed by atoms with Crippen molar-refractivity contribution < 1.29 is 4.79 Å². The number of thioether (sulfide) groups is 2. The van der Waals surface area contributed by atoms with E-state index < -0.39 is 0 Å². The Morgan fingerprint density at radius 1 is 0.848 bits per heavy atom. The van der Waals surface area contributed by atoms with Crippen LogP contribution in [0, 0.1) is 0 Å². The van der Waals surface area contributed by atoms with Crippen molar-refractivity contribution in [2.75, 3.05) is 13.1 Å². The Morgan fingerprint density at radius 2 is 1.52 bits per heavy atom. The van der Waals surface area contributed by atoms with E-state index in [9.17, 15) is 4.79 Å². The Labute approximate surface area is 210 Å². The molecule has 6 heteroatoms. The zero-order valence-corrected chi connectivity index (χ0v) is 21.4. The average molecular weight is 493 g/mol. The van der Waals surface area contributed by atoms with E-state index in [1.165, 1.54) is 33.5 Å². The third-order valence-corrected chi connectivity index (χ3v) is 8.19. The monoisotopic (exact) mass is 492 g/mol. The Morgan fingerprint density at radius 3 is 2.15 bits per heavy atom. The van der Waals surface area contributed by atoms with Crippen molar-refractivity contribution in [2.24, 2.45) is 0 Å². The molecule has 4 rings (SSSR count). The zero-order valence-electron chi connectivity index (χ0n) is 19.0. The number of unbranched alkanes of at least 4 members (excludes halogenated alkanes) is 2. The first-order chi connectivity index (χ1) is 16.1. The summed E-state index contributed by atoms with van der Waals surface area (Å²) in [6.45, 7) is 5.88. The fourth-order valence-electron chi connectivity index (χ4n) is 3.92. The molecule has 0 atom stereocenters. The second-order valence-corrected chi connectivity index (χ2v) is 10.5. The number of benzene rings is 2. The summed E-state index contributed by atoms with van der Waals surface area (Å²) < 4.78 is 0.667. The molecule has 1 amide bonds. The maximum atomic E-state index is 12.9. The summed E-state index contributed by atoms with van der Waals surface area (Å²) in [7, 11) is 0. The van der Waals surface area contributed by atoms with Crippen LogP contribution in [0.25, 0.3) is 10.6 Å². The number of hydrogen-bond acceptors (Lipinski definition) is 5. The van der Waals surface area contributed by atoms with Gasteiger partial charge < -0.3 is 4.90 Å². The molecule has 0 aliphatic carbocycles. The molecular weight excluding hydrogens is 465 g/mol. The summed E-state index contributed by atoms with van der Waals surface area (Å²) in [5, 5.41) is 1.12. The molecule has 0 saturated carbocycles. The van der Waals surface area contributed by atoms with Gasteiger partial charge in [-0.2, -0.15) is 0 Å². The summed E-state index contributed by atoms with van der Waals surface area (Å²) in [5.41, 5.74) is 3.60. The molecule has 2 aliphatic rings. The molecule has 170 valence electrons. The Bertz CT molecular complexity index is 1110. The van der Waals surface area contributed by atoms with E-state index in [1.807, 2.05) is 18.2 Å². The summed E-state index contributed by atoms with van der Waals surface area (Å²) in [6.07, 6.45) is 7.24. The highest BCUT2D eigenvalue weighted by atomic mass is 32.2. The summed E-state index contributed by atoms with van der Waals surface area (Å²) >= 11 is 8.65. The second-order valence-electron chi connectivity index (χ2n) is 7.82. The van der Waals surface area contributed by atoms with Gasteiger partial charge in [-0.3, -0.25) is 9.69 Å². The smallest absolute Gasteiger partial charge is 0.266 e. The second kappa shape index (κ2) is 11.2. The SMILES string of the molecule is CCCCCN1C(=O)/C(=C/C=C2\SC(c3ccccc3)=C(c3ccccc3)N2CC)SC1=S. The molecular formula is C27H28N2OS3. The molecule has 1 saturated heterocycles. The lowest BCUT2D eigenvalue weighted by Gasteiger charge is -2.21. The quantitative estimate of drug-likeness (QED) is 0.218. The fraction of sp³-hybridized carbons (Fsp3) is 0.259. The van der Waals surface area contributed by atoms with Crippen molar-refractivity contribution >= 4 is 56.6 Å². The van der Waals surface area contributed by atoms with Crippen LogP contribution in [0.2, 0.25) is 0 Å². The normalized spacial score (nSPS) is 19.0. The Balaban J connectivity index is 1.64. The van der Waals surface area contributed by atoms with E-state index in [0.29, 0.717) is 15.8 Å². The minimum atomic E-state index is 0.0310. The highest BCUT2D eigenvalue weighted by Crippen LogP contribution is 2.50. The molecule has 2 heterocycles. The summed E-state index contributed by atoms with van der Waals surface area (Å²) in [5.74, 6) is 0.0310. The fourth-order valence-corrected chi connectivity index (χ4v) is 6.42. The standard InChI is InChI=1S/C27H28N2OS3/c1-3-5-12-19-29-26(30)22(32-27(29)31)17-18-23-28(4-2)24(20-13-8-6-9-14-20)25(33-23)21-15-10-7-11-16-21/h6-11,13-18H,3-5,12,19H2,1-2H3/b22-17-,23-18-. The van der Waals surface area contributed by atoms with Gasteiger partial charge in [0.05, 0.1) is 15.6 Å². The minimum absolute atomic E-state index is 0.0310. The highest BCUT2D eigenvalue weighted by molar-refractivity contribution is 8.26. The molecule has 0 N–H and O–H groups in total. The van der Waals surface area contributed by atoms with E-state index in [-0.39, 0.29) is 5.91 Å². The highest BCUT2D eigenvalue weighted by Gasteiger charge is 2.32. The van der Waals surface area contributed by atoms with E-state index in [2.05, 4.69) is 73.4 Å². The average Bonchev–Trinajstić information content (AvgIpc) is 3.36. The third-order valence-electron chi connectivity index (χ3n) is 5.59. The molecule has 2 aliphatic heterocycles. The molecule has 33 heavy (non-hydrogen) atoms. The number of rotatable bonds is 8. The van der Waals surface area contributed by atoms with Crippen LogP contribution < -0.4 is 0 Å². The summed E-state index contributed by atoms with van der Waals surface area (Å²) in [6, 6.07) is 21.0. The first-order valence-corrected chi connectivity index (χ1v) is 13.4. The third kappa shape index (κ3) is 5.29. The van der Waals surface area contributed by atoms with Gasteiger partial charge in [-0.25, -0.2) is 0 Å². The first kappa shape index (κ1) is 23.9. The lowest BCUT2D eigenvalue weighted by Crippen LogP contribution is -2.28. The number of carbonyl (C=O) groups excluding carboxylic acids is 1. The number of thiocarbonyl (C=S) groups is 1. The van der Waals surface area contributed by atoms with Gasteiger partial charge in [0.15, 0.2) is 0 Å². The summed E-state index contributed by atoms with van der Waals surface area (Å²) in [4.78, 5) is 18.9. The molecule has 1 fully saturated rings. The predicted molar refractivity (Wildman–Crippen MR) is 147 cm³/mol. The maximum absolute atomic E-state index is 12.9. The molecule has 0 bridgehead atoms. The lowest BCUT2D eigenvalue weighted by atomic mass is 10.1. The number of allylic oxidation sites excluding steroid dienone is 2. The van der Waals surface area contributed by atoms with Crippen LogP contribution in [0.15, 0.2) is 82.7 Å². The number of carbonyl (C=O) groups is 1. The zero-order chi connectivity index (χ0) is 23.2. The minimum Gasteiger partial charge on any atom is -0.335 e. The van der Waals surface area contributed by atoms with Gasteiger partial charge in [-0.15, -0.1) is 0 Å². The molecule has 0 unspecified atom stereocenters. The maximum Gasteiger partial charge on any atom is 0.266 e. The molecule has 0 spiro atoms. The Kier molecular flexibility index (Phi) is 8.12. The van der Waals surface area contributed by atoms with Gasteiger partial charge in [0.2, 0.25) is 0 Å². The Hall–Kier alpha value is -2.28. The van der Waals surface area contributed by atoms with E-state index in [1.54, 1.807) is 16.7 Å². The number of amides is 1. The van der Waals surface area contributed by atoms with Crippen LogP contribution in [0.5, 0.6) is 0 Å². The van der Waals surface area contributed by atoms with Crippen LogP contribution in [-0.2, 0) is 4.79 Å². The van der Waals surface area contributed by atoms with Gasteiger partial charge in [-0.05, 0) is 36.6 Å². The molecule has 2 aromatic rings. The van der Waals surface area contributed by atoms with Crippen LogP contribution >= 0.6 is 35.7 Å². The number of nitrogens with zero attached hydrogens (tertiary/aromatic N) is 2. The van der Waals surface area contributed by atoms with Gasteiger partial charge in [0.25, 0.3) is 5.91 Å².